The average molecular weight is 130 g/mol. The number of aliphatic hydroxyl groups is 1. The van der Waals surface area contributed by atoms with Gasteiger partial charge in [-0.1, -0.05) is 4.49 Å². The second kappa shape index (κ2) is 2.19. The Hall–Kier alpha value is -0.480. The van der Waals surface area contributed by atoms with Crippen molar-refractivity contribution in [3.63, 3.8) is 0 Å². The molecule has 8 heavy (non-hydrogen) atoms. The number of hydrogen-bond acceptors (Lipinski definition) is 4. The van der Waals surface area contributed by atoms with Crippen LogP contribution < -0.4 is 0 Å². The molecule has 0 aliphatic heterocycles. The fraction of sp³-hybridized carbons (Fsp3) is 0.500. The minimum absolute atomic E-state index is 0.478. The summed E-state index contributed by atoms with van der Waals surface area (Å²) in [6.07, 6.45) is -0.478. The number of aliphatic hydroxyl groups excluding tert-OH is 1. The Balaban J connectivity index is 2.77. The van der Waals surface area contributed by atoms with Gasteiger partial charge in [-0.15, -0.1) is 5.10 Å². The van der Waals surface area contributed by atoms with Crippen LogP contribution in [-0.2, 0) is 0 Å². The van der Waals surface area contributed by atoms with Gasteiger partial charge in [-0.2, -0.15) is 0 Å². The third-order valence-electron chi connectivity index (χ3n) is 0.805. The van der Waals surface area contributed by atoms with Crippen molar-refractivity contribution in [1.29, 1.82) is 0 Å². The molecule has 4 heteroatoms. The summed E-state index contributed by atoms with van der Waals surface area (Å²) in [6.45, 7) is 1.66. The summed E-state index contributed by atoms with van der Waals surface area (Å²) >= 11 is 1.25. The van der Waals surface area contributed by atoms with Gasteiger partial charge in [0.05, 0.1) is 6.10 Å². The van der Waals surface area contributed by atoms with Crippen molar-refractivity contribution in [3.05, 3.63) is 11.1 Å². The molecule has 1 atom stereocenters. The standard InChI is InChI=1S/C4H6N2OS/c1-3(7)4-2-8-6-5-4/h2-3,7H,1H3. The lowest BCUT2D eigenvalue weighted by Gasteiger charge is -1.92. The van der Waals surface area contributed by atoms with E-state index in [1.807, 2.05) is 0 Å². The number of rotatable bonds is 1. The van der Waals surface area contributed by atoms with Gasteiger partial charge in [-0.05, 0) is 18.5 Å². The van der Waals surface area contributed by atoms with Crippen LogP contribution in [0.1, 0.15) is 18.7 Å². The minimum atomic E-state index is -0.478. The summed E-state index contributed by atoms with van der Waals surface area (Å²) in [6, 6.07) is 0. The van der Waals surface area contributed by atoms with Crippen LogP contribution in [0.3, 0.4) is 0 Å². The summed E-state index contributed by atoms with van der Waals surface area (Å²) in [5.74, 6) is 0. The summed E-state index contributed by atoms with van der Waals surface area (Å²) in [4.78, 5) is 0. The molecule has 1 N–H and O–H groups in total. The van der Waals surface area contributed by atoms with E-state index in [1.165, 1.54) is 11.5 Å². The van der Waals surface area contributed by atoms with Gasteiger partial charge < -0.3 is 5.11 Å². The molecule has 0 fully saturated rings. The number of hydrogen-bond donors (Lipinski definition) is 1. The quantitative estimate of drug-likeness (QED) is 0.605. The van der Waals surface area contributed by atoms with Gasteiger partial charge in [-0.25, -0.2) is 0 Å². The van der Waals surface area contributed by atoms with E-state index in [4.69, 9.17) is 5.11 Å². The van der Waals surface area contributed by atoms with E-state index in [0.717, 1.165) is 0 Å². The Morgan fingerprint density at radius 3 is 2.88 bits per heavy atom. The van der Waals surface area contributed by atoms with Crippen molar-refractivity contribution in [1.82, 2.24) is 9.59 Å². The van der Waals surface area contributed by atoms with Crippen molar-refractivity contribution < 1.29 is 5.11 Å². The smallest absolute Gasteiger partial charge is 0.104 e. The molecule has 3 nitrogen and oxygen atoms in total. The molecule has 1 rings (SSSR count). The molecule has 1 aromatic rings. The van der Waals surface area contributed by atoms with E-state index < -0.39 is 6.10 Å². The largest absolute Gasteiger partial charge is 0.387 e. The van der Waals surface area contributed by atoms with Crippen molar-refractivity contribution in [2.75, 3.05) is 0 Å². The highest BCUT2D eigenvalue weighted by atomic mass is 32.1. The van der Waals surface area contributed by atoms with Gasteiger partial charge in [0.1, 0.15) is 5.69 Å². The molecule has 1 unspecified atom stereocenters. The van der Waals surface area contributed by atoms with E-state index in [1.54, 1.807) is 12.3 Å². The molecular weight excluding hydrogens is 124 g/mol. The monoisotopic (exact) mass is 130 g/mol. The zero-order chi connectivity index (χ0) is 5.98. The van der Waals surface area contributed by atoms with Crippen LogP contribution in [0.15, 0.2) is 5.38 Å². The van der Waals surface area contributed by atoms with Crippen LogP contribution in [0.5, 0.6) is 0 Å². The summed E-state index contributed by atoms with van der Waals surface area (Å²) in [7, 11) is 0. The van der Waals surface area contributed by atoms with Gasteiger partial charge in [-0.3, -0.25) is 0 Å². The molecule has 0 saturated carbocycles. The van der Waals surface area contributed by atoms with Crippen molar-refractivity contribution in [2.45, 2.75) is 13.0 Å². The molecule has 0 saturated heterocycles. The predicted molar refractivity (Wildman–Crippen MR) is 30.5 cm³/mol. The molecule has 0 aromatic carbocycles. The molecule has 0 aliphatic rings. The average Bonchev–Trinajstić information content (AvgIpc) is 2.12. The molecule has 0 aliphatic carbocycles. The van der Waals surface area contributed by atoms with Crippen LogP contribution in [0.4, 0.5) is 0 Å². The highest BCUT2D eigenvalue weighted by Gasteiger charge is 2.00. The van der Waals surface area contributed by atoms with Crippen LogP contribution in [0.25, 0.3) is 0 Å². The van der Waals surface area contributed by atoms with Gasteiger partial charge >= 0.3 is 0 Å². The Labute approximate surface area is 51.1 Å². The van der Waals surface area contributed by atoms with E-state index in [0.29, 0.717) is 5.69 Å². The first-order chi connectivity index (χ1) is 3.80. The lowest BCUT2D eigenvalue weighted by atomic mass is 10.3. The molecule has 0 spiro atoms. The lowest BCUT2D eigenvalue weighted by Crippen LogP contribution is -1.89. The topological polar surface area (TPSA) is 46.0 Å². The van der Waals surface area contributed by atoms with Crippen molar-refractivity contribution in [3.8, 4) is 0 Å². The second-order valence-electron chi connectivity index (χ2n) is 1.51. The normalized spacial score (nSPS) is 13.8. The summed E-state index contributed by atoms with van der Waals surface area (Å²) in [5, 5.41) is 14.2. The maximum absolute atomic E-state index is 8.82. The van der Waals surface area contributed by atoms with Crippen LogP contribution in [-0.4, -0.2) is 14.7 Å². The fourth-order valence-electron chi connectivity index (χ4n) is 0.354. The van der Waals surface area contributed by atoms with Crippen molar-refractivity contribution in [2.24, 2.45) is 0 Å². The van der Waals surface area contributed by atoms with Crippen LogP contribution in [0.2, 0.25) is 0 Å². The summed E-state index contributed by atoms with van der Waals surface area (Å²) < 4.78 is 3.58. The van der Waals surface area contributed by atoms with E-state index in [9.17, 15) is 0 Å². The maximum atomic E-state index is 8.82. The Morgan fingerprint density at radius 2 is 2.62 bits per heavy atom. The fourth-order valence-corrected chi connectivity index (χ4v) is 0.895. The number of nitrogens with zero attached hydrogens (tertiary/aromatic N) is 2. The highest BCUT2D eigenvalue weighted by Crippen LogP contribution is 2.07. The lowest BCUT2D eigenvalue weighted by molar-refractivity contribution is 0.194. The molecule has 1 heterocycles. The molecule has 44 valence electrons. The van der Waals surface area contributed by atoms with E-state index >= 15 is 0 Å². The zero-order valence-corrected chi connectivity index (χ0v) is 5.22. The predicted octanol–water partition coefficient (Wildman–Crippen LogP) is 0.591. The first-order valence-corrected chi connectivity index (χ1v) is 3.09. The van der Waals surface area contributed by atoms with Gasteiger partial charge in [0.15, 0.2) is 0 Å². The van der Waals surface area contributed by atoms with E-state index in [-0.39, 0.29) is 0 Å². The second-order valence-corrected chi connectivity index (χ2v) is 2.12. The molecule has 0 bridgehead atoms. The molecule has 0 radical (unpaired) electrons. The zero-order valence-electron chi connectivity index (χ0n) is 4.40. The van der Waals surface area contributed by atoms with E-state index in [2.05, 4.69) is 9.59 Å². The number of aromatic nitrogens is 2. The molecule has 0 amide bonds. The SMILES string of the molecule is CC(O)c1csnn1. The third kappa shape index (κ3) is 1.02. The van der Waals surface area contributed by atoms with Gasteiger partial charge in [0.2, 0.25) is 0 Å². The Bertz CT molecular complexity index is 149. The maximum Gasteiger partial charge on any atom is 0.104 e. The van der Waals surface area contributed by atoms with Gasteiger partial charge in [0.25, 0.3) is 0 Å². The van der Waals surface area contributed by atoms with Crippen LogP contribution >= 0.6 is 11.5 Å². The minimum Gasteiger partial charge on any atom is -0.387 e. The Morgan fingerprint density at radius 1 is 1.88 bits per heavy atom. The summed E-state index contributed by atoms with van der Waals surface area (Å²) in [5.41, 5.74) is 0.648. The first kappa shape index (κ1) is 5.65. The first-order valence-electron chi connectivity index (χ1n) is 2.25. The van der Waals surface area contributed by atoms with Crippen LogP contribution in [0, 0.1) is 0 Å². The molecular formula is C4H6N2OS. The van der Waals surface area contributed by atoms with Gasteiger partial charge in [0, 0.05) is 5.38 Å². The molecule has 1 aromatic heterocycles. The third-order valence-corrected chi connectivity index (χ3v) is 1.33. The highest BCUT2D eigenvalue weighted by molar-refractivity contribution is 7.03. The van der Waals surface area contributed by atoms with Crippen molar-refractivity contribution >= 4 is 11.5 Å². The Kier molecular flexibility index (Phi) is 1.55.